The summed E-state index contributed by atoms with van der Waals surface area (Å²) in [4.78, 5) is 0. The Balaban J connectivity index is 4.95. The van der Waals surface area contributed by atoms with Gasteiger partial charge in [0.25, 0.3) is 0 Å². The van der Waals surface area contributed by atoms with Crippen LogP contribution in [0.3, 0.4) is 0 Å². The molecular weight excluding hydrogens is 428 g/mol. The van der Waals surface area contributed by atoms with E-state index in [0.29, 0.717) is 70.6 Å². The molecule has 0 bridgehead atoms. The van der Waals surface area contributed by atoms with Crippen molar-refractivity contribution < 1.29 is 37.9 Å². The van der Waals surface area contributed by atoms with Gasteiger partial charge in [-0.15, -0.1) is 0 Å². The Labute approximate surface area is 202 Å². The molecule has 0 aromatic rings. The first-order valence-electron chi connectivity index (χ1n) is 12.5. The smallest absolute Gasteiger partial charge is 0.0700 e. The van der Waals surface area contributed by atoms with Crippen LogP contribution in [0.1, 0.15) is 39.0 Å². The molecule has 0 heterocycles. The van der Waals surface area contributed by atoms with Crippen LogP contribution in [0.2, 0.25) is 0 Å². The van der Waals surface area contributed by atoms with E-state index in [0.717, 1.165) is 58.5 Å². The molecule has 0 aliphatic heterocycles. The predicted octanol–water partition coefficient (Wildman–Crippen LogP) is 3.46. The summed E-state index contributed by atoms with van der Waals surface area (Å²) in [5.41, 5.74) is 0. The number of rotatable bonds is 27. The summed E-state index contributed by atoms with van der Waals surface area (Å²) < 4.78 is 43.6. The highest BCUT2D eigenvalue weighted by atomic mass is 16.5. The standard InChI is InChI=1S/C25H52O8/c1-6-25(23(7-11-30-19-15-26-2)8-12-31-20-16-27-3)24(9-13-32-21-17-28-4)10-14-33-22-18-29-5/h23-25H,6-22H2,1-5H3. The van der Waals surface area contributed by atoms with Gasteiger partial charge in [-0.25, -0.2) is 0 Å². The van der Waals surface area contributed by atoms with Gasteiger partial charge in [-0.1, -0.05) is 13.3 Å². The van der Waals surface area contributed by atoms with E-state index < -0.39 is 0 Å². The fourth-order valence-electron chi connectivity index (χ4n) is 4.11. The van der Waals surface area contributed by atoms with E-state index in [9.17, 15) is 0 Å². The highest BCUT2D eigenvalue weighted by molar-refractivity contribution is 4.77. The molecule has 0 amide bonds. The van der Waals surface area contributed by atoms with E-state index in [1.54, 1.807) is 28.4 Å². The maximum atomic E-state index is 5.81. The van der Waals surface area contributed by atoms with Crippen LogP contribution in [-0.2, 0) is 37.9 Å². The Hall–Kier alpha value is -0.320. The Morgan fingerprint density at radius 2 is 0.667 bits per heavy atom. The average Bonchev–Trinajstić information content (AvgIpc) is 2.82. The van der Waals surface area contributed by atoms with Crippen molar-refractivity contribution in [3.63, 3.8) is 0 Å². The lowest BCUT2D eigenvalue weighted by Gasteiger charge is -2.34. The third-order valence-electron chi connectivity index (χ3n) is 5.94. The largest absolute Gasteiger partial charge is 0.382 e. The number of hydrogen-bond acceptors (Lipinski definition) is 8. The van der Waals surface area contributed by atoms with Gasteiger partial charge in [-0.05, 0) is 43.4 Å². The molecule has 200 valence electrons. The van der Waals surface area contributed by atoms with E-state index in [4.69, 9.17) is 37.9 Å². The summed E-state index contributed by atoms with van der Waals surface area (Å²) in [6.07, 6.45) is 5.17. The molecule has 0 fully saturated rings. The quantitative estimate of drug-likeness (QED) is 0.166. The molecule has 0 unspecified atom stereocenters. The van der Waals surface area contributed by atoms with Crippen molar-refractivity contribution in [2.24, 2.45) is 17.8 Å². The van der Waals surface area contributed by atoms with Crippen molar-refractivity contribution in [1.29, 1.82) is 0 Å². The van der Waals surface area contributed by atoms with Crippen molar-refractivity contribution in [3.05, 3.63) is 0 Å². The van der Waals surface area contributed by atoms with Crippen LogP contribution in [0.5, 0.6) is 0 Å². The van der Waals surface area contributed by atoms with Gasteiger partial charge in [0.05, 0.1) is 52.9 Å². The lowest BCUT2D eigenvalue weighted by molar-refractivity contribution is 0.0172. The van der Waals surface area contributed by atoms with E-state index >= 15 is 0 Å². The minimum atomic E-state index is 0.517. The average molecular weight is 481 g/mol. The number of methoxy groups -OCH3 is 4. The van der Waals surface area contributed by atoms with Crippen LogP contribution in [0.4, 0.5) is 0 Å². The summed E-state index contributed by atoms with van der Waals surface area (Å²) in [6.45, 7) is 10.3. The molecule has 0 aromatic heterocycles. The second kappa shape index (κ2) is 26.3. The van der Waals surface area contributed by atoms with Gasteiger partial charge in [-0.3, -0.25) is 0 Å². The molecular formula is C25H52O8. The van der Waals surface area contributed by atoms with Gasteiger partial charge in [0.2, 0.25) is 0 Å². The molecule has 0 aliphatic rings. The van der Waals surface area contributed by atoms with Gasteiger partial charge in [0.15, 0.2) is 0 Å². The van der Waals surface area contributed by atoms with E-state index in [2.05, 4.69) is 6.92 Å². The second-order valence-electron chi connectivity index (χ2n) is 8.17. The molecule has 8 nitrogen and oxygen atoms in total. The third-order valence-corrected chi connectivity index (χ3v) is 5.94. The van der Waals surface area contributed by atoms with Crippen LogP contribution in [0.25, 0.3) is 0 Å². The lowest BCUT2D eigenvalue weighted by atomic mass is 9.74. The van der Waals surface area contributed by atoms with Crippen molar-refractivity contribution in [1.82, 2.24) is 0 Å². The number of hydrogen-bond donors (Lipinski definition) is 0. The zero-order valence-corrected chi connectivity index (χ0v) is 22.0. The normalized spacial score (nSPS) is 12.0. The Kier molecular flexibility index (Phi) is 26.0. The molecule has 0 aromatic carbocycles. The fourth-order valence-corrected chi connectivity index (χ4v) is 4.11. The summed E-state index contributed by atoms with van der Waals surface area (Å²) in [5.74, 6) is 1.59. The zero-order chi connectivity index (χ0) is 24.4. The molecule has 0 saturated carbocycles. The summed E-state index contributed by atoms with van der Waals surface area (Å²) in [5, 5.41) is 0. The van der Waals surface area contributed by atoms with Crippen LogP contribution in [0.15, 0.2) is 0 Å². The van der Waals surface area contributed by atoms with Crippen LogP contribution in [-0.4, -0.2) is 108 Å². The van der Waals surface area contributed by atoms with Crippen molar-refractivity contribution in [3.8, 4) is 0 Å². The molecule has 0 N–H and O–H groups in total. The highest BCUT2D eigenvalue weighted by Crippen LogP contribution is 2.34. The first-order valence-corrected chi connectivity index (χ1v) is 12.5. The van der Waals surface area contributed by atoms with Crippen molar-refractivity contribution in [2.45, 2.75) is 39.0 Å². The van der Waals surface area contributed by atoms with Gasteiger partial charge in [0, 0.05) is 54.9 Å². The minimum absolute atomic E-state index is 0.517. The molecule has 0 aliphatic carbocycles. The first kappa shape index (κ1) is 32.7. The van der Waals surface area contributed by atoms with Crippen LogP contribution >= 0.6 is 0 Å². The van der Waals surface area contributed by atoms with E-state index in [1.807, 2.05) is 0 Å². The topological polar surface area (TPSA) is 73.8 Å². The SMILES string of the molecule is CCC(C(CCOCCOC)CCOCCOC)C(CCOCCOC)CCOCCOC. The van der Waals surface area contributed by atoms with Crippen molar-refractivity contribution >= 4 is 0 Å². The monoisotopic (exact) mass is 480 g/mol. The maximum absolute atomic E-state index is 5.81. The van der Waals surface area contributed by atoms with Crippen LogP contribution in [0, 0.1) is 17.8 Å². The summed E-state index contributed by atoms with van der Waals surface area (Å²) in [6, 6.07) is 0. The van der Waals surface area contributed by atoms with Crippen molar-refractivity contribution in [2.75, 3.05) is 108 Å². The summed E-state index contributed by atoms with van der Waals surface area (Å²) >= 11 is 0. The number of ether oxygens (including phenoxy) is 8. The molecule has 0 atom stereocenters. The molecule has 8 heteroatoms. The predicted molar refractivity (Wildman–Crippen MR) is 130 cm³/mol. The molecule has 0 rings (SSSR count). The van der Waals surface area contributed by atoms with Gasteiger partial charge in [0.1, 0.15) is 0 Å². The minimum Gasteiger partial charge on any atom is -0.382 e. The summed E-state index contributed by atoms with van der Waals surface area (Å²) in [7, 11) is 6.80. The molecule has 0 radical (unpaired) electrons. The van der Waals surface area contributed by atoms with Crippen LogP contribution < -0.4 is 0 Å². The maximum Gasteiger partial charge on any atom is 0.0700 e. The first-order chi connectivity index (χ1) is 16.2. The van der Waals surface area contributed by atoms with Gasteiger partial charge < -0.3 is 37.9 Å². The molecule has 33 heavy (non-hydrogen) atoms. The van der Waals surface area contributed by atoms with Gasteiger partial charge in [-0.2, -0.15) is 0 Å². The highest BCUT2D eigenvalue weighted by Gasteiger charge is 2.28. The molecule has 0 spiro atoms. The zero-order valence-electron chi connectivity index (χ0n) is 22.0. The third kappa shape index (κ3) is 19.7. The Morgan fingerprint density at radius 1 is 0.394 bits per heavy atom. The van der Waals surface area contributed by atoms with E-state index in [-0.39, 0.29) is 0 Å². The van der Waals surface area contributed by atoms with E-state index in [1.165, 1.54) is 0 Å². The second-order valence-corrected chi connectivity index (χ2v) is 8.17. The lowest BCUT2D eigenvalue weighted by Crippen LogP contribution is -2.28. The molecule has 0 saturated heterocycles. The Morgan fingerprint density at radius 3 is 0.879 bits per heavy atom. The fraction of sp³-hybridized carbons (Fsp3) is 1.00. The Bertz CT molecular complexity index is 312. The van der Waals surface area contributed by atoms with Gasteiger partial charge >= 0.3 is 0 Å².